The van der Waals surface area contributed by atoms with E-state index in [0.29, 0.717) is 17.9 Å². The van der Waals surface area contributed by atoms with Crippen molar-refractivity contribution in [3.63, 3.8) is 0 Å². The van der Waals surface area contributed by atoms with Crippen molar-refractivity contribution in [2.75, 3.05) is 24.5 Å². The molecule has 0 aromatic heterocycles. The summed E-state index contributed by atoms with van der Waals surface area (Å²) in [7, 11) is -2.77. The van der Waals surface area contributed by atoms with Crippen molar-refractivity contribution in [2.24, 2.45) is 0 Å². The summed E-state index contributed by atoms with van der Waals surface area (Å²) in [5.41, 5.74) is 0.747. The first-order valence-electron chi connectivity index (χ1n) is 11.8. The lowest BCUT2D eigenvalue weighted by molar-refractivity contribution is -0.139. The highest BCUT2D eigenvalue weighted by atomic mass is 35.5. The Hall–Kier alpha value is -3.63. The van der Waals surface area contributed by atoms with Gasteiger partial charge in [-0.05, 0) is 74.0 Å². The molecule has 1 atom stereocenters. The number of hydrogen-bond acceptors (Lipinski definition) is 5. The number of amides is 2. The minimum absolute atomic E-state index is 0.0383. The van der Waals surface area contributed by atoms with Gasteiger partial charge in [0.2, 0.25) is 11.8 Å². The monoisotopic (exact) mass is 561 g/mol. The molecule has 0 unspecified atom stereocenters. The van der Waals surface area contributed by atoms with E-state index >= 15 is 0 Å². The molecule has 3 aromatic carbocycles. The second-order valence-corrected chi connectivity index (χ2v) is 10.7. The van der Waals surface area contributed by atoms with Crippen molar-refractivity contribution in [3.8, 4) is 5.75 Å². The zero-order chi connectivity index (χ0) is 27.9. The van der Waals surface area contributed by atoms with Crippen molar-refractivity contribution < 1.29 is 27.1 Å². The summed E-state index contributed by atoms with van der Waals surface area (Å²) in [6.45, 7) is 3.00. The summed E-state index contributed by atoms with van der Waals surface area (Å²) < 4.78 is 47.0. The van der Waals surface area contributed by atoms with E-state index in [1.165, 1.54) is 72.7 Å². The van der Waals surface area contributed by atoms with E-state index in [1.807, 2.05) is 0 Å². The standard InChI is InChI=1S/C27H29ClFN3O5S/c1-4-30-27(34)19(2)31(17-20-8-10-22(29)11-9-20)26(33)18-32(23-7-5-6-21(28)16-23)38(35,36)25-14-12-24(37-3)13-15-25/h5-16,19H,4,17-18H2,1-3H3,(H,30,34)/t19-/m0/s1. The van der Waals surface area contributed by atoms with E-state index in [9.17, 15) is 22.4 Å². The maximum atomic E-state index is 13.8. The van der Waals surface area contributed by atoms with Crippen LogP contribution in [0.3, 0.4) is 0 Å². The molecule has 0 aliphatic carbocycles. The predicted octanol–water partition coefficient (Wildman–Crippen LogP) is 4.24. The van der Waals surface area contributed by atoms with Gasteiger partial charge >= 0.3 is 0 Å². The average molecular weight is 562 g/mol. The Balaban J connectivity index is 2.02. The number of methoxy groups -OCH3 is 1. The molecule has 0 heterocycles. The number of anilines is 1. The van der Waals surface area contributed by atoms with Crippen LogP contribution in [-0.4, -0.2) is 51.4 Å². The van der Waals surface area contributed by atoms with E-state index in [4.69, 9.17) is 16.3 Å². The number of carbonyl (C=O) groups excluding carboxylic acids is 2. The number of nitrogens with one attached hydrogen (secondary N) is 1. The maximum Gasteiger partial charge on any atom is 0.264 e. The van der Waals surface area contributed by atoms with Gasteiger partial charge in [-0.1, -0.05) is 29.8 Å². The van der Waals surface area contributed by atoms with Crippen LogP contribution in [0.15, 0.2) is 77.7 Å². The molecule has 3 aromatic rings. The fraction of sp³-hybridized carbons (Fsp3) is 0.259. The molecule has 1 N–H and O–H groups in total. The molecule has 0 radical (unpaired) electrons. The van der Waals surface area contributed by atoms with Crippen molar-refractivity contribution in [2.45, 2.75) is 31.3 Å². The molecule has 202 valence electrons. The largest absolute Gasteiger partial charge is 0.497 e. The number of benzene rings is 3. The Morgan fingerprint density at radius 2 is 1.71 bits per heavy atom. The number of likely N-dealkylation sites (N-methyl/N-ethyl adjacent to an activating group) is 1. The van der Waals surface area contributed by atoms with Gasteiger partial charge in [0.1, 0.15) is 24.2 Å². The van der Waals surface area contributed by atoms with Gasteiger partial charge in [0, 0.05) is 18.1 Å². The third kappa shape index (κ3) is 7.02. The number of rotatable bonds is 11. The number of ether oxygens (including phenoxy) is 1. The van der Waals surface area contributed by atoms with Crippen LogP contribution < -0.4 is 14.4 Å². The number of nitrogens with zero attached hydrogens (tertiary/aromatic N) is 2. The third-order valence-electron chi connectivity index (χ3n) is 5.81. The molecule has 8 nitrogen and oxygen atoms in total. The van der Waals surface area contributed by atoms with Crippen LogP contribution in [-0.2, 0) is 26.2 Å². The van der Waals surface area contributed by atoms with Crippen molar-refractivity contribution in [3.05, 3.63) is 89.2 Å². The van der Waals surface area contributed by atoms with Crippen LogP contribution in [0.5, 0.6) is 5.75 Å². The fourth-order valence-electron chi connectivity index (χ4n) is 3.73. The molecule has 0 bridgehead atoms. The van der Waals surface area contributed by atoms with E-state index in [2.05, 4.69) is 5.32 Å². The van der Waals surface area contributed by atoms with Gasteiger partial charge in [0.25, 0.3) is 10.0 Å². The van der Waals surface area contributed by atoms with Gasteiger partial charge in [-0.25, -0.2) is 12.8 Å². The third-order valence-corrected chi connectivity index (χ3v) is 7.83. The average Bonchev–Trinajstić information content (AvgIpc) is 2.91. The molecular weight excluding hydrogens is 533 g/mol. The molecule has 2 amide bonds. The molecule has 0 saturated heterocycles. The van der Waals surface area contributed by atoms with Crippen molar-refractivity contribution in [1.82, 2.24) is 10.2 Å². The first-order chi connectivity index (χ1) is 18.1. The van der Waals surface area contributed by atoms with Gasteiger partial charge in [-0.2, -0.15) is 0 Å². The van der Waals surface area contributed by atoms with E-state index < -0.39 is 40.2 Å². The Labute approximate surface area is 227 Å². The van der Waals surface area contributed by atoms with Gasteiger partial charge < -0.3 is 15.0 Å². The van der Waals surface area contributed by atoms with Crippen LogP contribution in [0.4, 0.5) is 10.1 Å². The minimum Gasteiger partial charge on any atom is -0.497 e. The SMILES string of the molecule is CCNC(=O)[C@H](C)N(Cc1ccc(F)cc1)C(=O)CN(c1cccc(Cl)c1)S(=O)(=O)c1ccc(OC)cc1. The molecular formula is C27H29ClFN3O5S. The van der Waals surface area contributed by atoms with E-state index in [-0.39, 0.29) is 22.2 Å². The Bertz CT molecular complexity index is 1370. The molecule has 0 fully saturated rings. The normalized spacial score (nSPS) is 11.9. The highest BCUT2D eigenvalue weighted by Gasteiger charge is 2.32. The fourth-order valence-corrected chi connectivity index (χ4v) is 5.32. The highest BCUT2D eigenvalue weighted by Crippen LogP contribution is 2.27. The van der Waals surface area contributed by atoms with Crippen LogP contribution in [0.25, 0.3) is 0 Å². The van der Waals surface area contributed by atoms with Gasteiger partial charge in [0.15, 0.2) is 0 Å². The van der Waals surface area contributed by atoms with E-state index in [1.54, 1.807) is 26.0 Å². The molecule has 3 rings (SSSR count). The summed E-state index contributed by atoms with van der Waals surface area (Å²) in [4.78, 5) is 27.6. The summed E-state index contributed by atoms with van der Waals surface area (Å²) in [5.74, 6) is -1.02. The van der Waals surface area contributed by atoms with Crippen LogP contribution in [0, 0.1) is 5.82 Å². The number of carbonyl (C=O) groups is 2. The molecule has 0 aliphatic rings. The second kappa shape index (κ2) is 12.7. The summed E-state index contributed by atoms with van der Waals surface area (Å²) >= 11 is 6.15. The van der Waals surface area contributed by atoms with E-state index in [0.717, 1.165) is 4.31 Å². The molecule has 0 saturated carbocycles. The van der Waals surface area contributed by atoms with Crippen LogP contribution >= 0.6 is 11.6 Å². The number of hydrogen-bond donors (Lipinski definition) is 1. The lowest BCUT2D eigenvalue weighted by Gasteiger charge is -2.32. The van der Waals surface area contributed by atoms with Crippen molar-refractivity contribution >= 4 is 39.1 Å². The highest BCUT2D eigenvalue weighted by molar-refractivity contribution is 7.92. The molecule has 0 aliphatic heterocycles. The molecule has 38 heavy (non-hydrogen) atoms. The first kappa shape index (κ1) is 28.9. The summed E-state index contributed by atoms with van der Waals surface area (Å²) in [6, 6.07) is 16.5. The van der Waals surface area contributed by atoms with Gasteiger partial charge in [-0.15, -0.1) is 0 Å². The minimum atomic E-state index is -4.24. The summed E-state index contributed by atoms with van der Waals surface area (Å²) in [5, 5.41) is 2.96. The summed E-state index contributed by atoms with van der Waals surface area (Å²) in [6.07, 6.45) is 0. The molecule has 11 heteroatoms. The quantitative estimate of drug-likeness (QED) is 0.378. The number of sulfonamides is 1. The Morgan fingerprint density at radius 3 is 2.29 bits per heavy atom. The van der Waals surface area contributed by atoms with Gasteiger partial charge in [0.05, 0.1) is 17.7 Å². The van der Waals surface area contributed by atoms with Crippen molar-refractivity contribution in [1.29, 1.82) is 0 Å². The zero-order valence-electron chi connectivity index (χ0n) is 21.2. The Kier molecular flexibility index (Phi) is 9.71. The van der Waals surface area contributed by atoms with Crippen LogP contribution in [0.1, 0.15) is 19.4 Å². The van der Waals surface area contributed by atoms with Crippen LogP contribution in [0.2, 0.25) is 5.02 Å². The van der Waals surface area contributed by atoms with Gasteiger partial charge in [-0.3, -0.25) is 13.9 Å². The maximum absolute atomic E-state index is 13.8. The zero-order valence-corrected chi connectivity index (χ0v) is 22.8. The lowest BCUT2D eigenvalue weighted by Crippen LogP contribution is -2.51. The predicted molar refractivity (Wildman–Crippen MR) is 144 cm³/mol. The lowest BCUT2D eigenvalue weighted by atomic mass is 10.1. The second-order valence-electron chi connectivity index (χ2n) is 8.39. The topological polar surface area (TPSA) is 96.0 Å². The molecule has 0 spiro atoms. The first-order valence-corrected chi connectivity index (χ1v) is 13.6. The smallest absolute Gasteiger partial charge is 0.264 e. The number of halogens is 2. The Morgan fingerprint density at radius 1 is 1.05 bits per heavy atom.